The van der Waals surface area contributed by atoms with Crippen LogP contribution in [0.4, 0.5) is 13.2 Å². The van der Waals surface area contributed by atoms with Gasteiger partial charge in [0.15, 0.2) is 6.10 Å². The van der Waals surface area contributed by atoms with E-state index in [0.29, 0.717) is 0 Å². The van der Waals surface area contributed by atoms with Gasteiger partial charge in [-0.1, -0.05) is 0 Å². The van der Waals surface area contributed by atoms with E-state index < -0.39 is 52.6 Å². The van der Waals surface area contributed by atoms with Crippen LogP contribution in [0, 0.1) is 0 Å². The molecule has 0 bridgehead atoms. The summed E-state index contributed by atoms with van der Waals surface area (Å²) in [6, 6.07) is 0. The van der Waals surface area contributed by atoms with Gasteiger partial charge in [0.2, 0.25) is 0 Å². The first-order valence-corrected chi connectivity index (χ1v) is 6.92. The maximum Gasteiger partial charge on any atom is 0.523 e. The first kappa shape index (κ1) is 15.5. The smallest absolute Gasteiger partial charge is 0.457 e. The summed E-state index contributed by atoms with van der Waals surface area (Å²) in [6.07, 6.45) is -4.09. The fourth-order valence-electron chi connectivity index (χ4n) is 2.04. The molecule has 116 valence electrons. The van der Waals surface area contributed by atoms with Crippen LogP contribution in [0.25, 0.3) is 0 Å². The number of hydrogen-bond acceptors (Lipinski definition) is 7. The van der Waals surface area contributed by atoms with E-state index in [1.54, 1.807) is 0 Å². The Morgan fingerprint density at radius 3 is 2.15 bits per heavy atom. The van der Waals surface area contributed by atoms with Crippen LogP contribution in [0.2, 0.25) is 0 Å². The average Bonchev–Trinajstić information content (AvgIpc) is 2.81. The van der Waals surface area contributed by atoms with Crippen molar-refractivity contribution < 1.29 is 44.8 Å². The lowest BCUT2D eigenvalue weighted by Crippen LogP contribution is -2.38. The first-order valence-electron chi connectivity index (χ1n) is 5.52. The van der Waals surface area contributed by atoms with Gasteiger partial charge in [0.25, 0.3) is 0 Å². The minimum Gasteiger partial charge on any atom is -0.457 e. The number of hydrogen-bond donors (Lipinski definition) is 0. The lowest BCUT2D eigenvalue weighted by atomic mass is 10.1. The molecule has 0 spiro atoms. The van der Waals surface area contributed by atoms with Gasteiger partial charge >= 0.3 is 21.6 Å². The molecule has 4 atom stereocenters. The number of esters is 1. The van der Waals surface area contributed by atoms with Crippen LogP contribution in [0.3, 0.4) is 0 Å². The van der Waals surface area contributed by atoms with E-state index in [1.165, 1.54) is 0 Å². The molecule has 0 aromatic rings. The Bertz CT molecular complexity index is 488. The number of rotatable bonds is 3. The van der Waals surface area contributed by atoms with Crippen molar-refractivity contribution in [3.8, 4) is 0 Å². The molecular weight excluding hydrogens is 309 g/mol. The molecule has 2 fully saturated rings. The number of halogens is 3. The van der Waals surface area contributed by atoms with E-state index in [-0.39, 0.29) is 6.61 Å². The van der Waals surface area contributed by atoms with Crippen molar-refractivity contribution in [3.05, 3.63) is 0 Å². The quantitative estimate of drug-likeness (QED) is 0.409. The zero-order valence-electron chi connectivity index (χ0n) is 10.1. The van der Waals surface area contributed by atoms with Crippen LogP contribution in [0.1, 0.15) is 6.92 Å². The summed E-state index contributed by atoms with van der Waals surface area (Å²) in [5, 5.41) is 0. The Kier molecular flexibility index (Phi) is 3.97. The van der Waals surface area contributed by atoms with Gasteiger partial charge in [-0.3, -0.25) is 8.98 Å². The highest BCUT2D eigenvalue weighted by atomic mass is 32.2. The van der Waals surface area contributed by atoms with Crippen LogP contribution < -0.4 is 0 Å². The Balaban J connectivity index is 2.03. The van der Waals surface area contributed by atoms with Crippen molar-refractivity contribution in [2.45, 2.75) is 36.8 Å². The van der Waals surface area contributed by atoms with Crippen molar-refractivity contribution in [1.82, 2.24) is 0 Å². The lowest BCUT2D eigenvalue weighted by Gasteiger charge is -2.17. The van der Waals surface area contributed by atoms with Gasteiger partial charge in [0, 0.05) is 6.92 Å². The molecule has 0 aromatic heterocycles. The number of fused-ring (bicyclic) bond motifs is 1. The fraction of sp³-hybridized carbons (Fsp3) is 0.889. The van der Waals surface area contributed by atoms with Crippen LogP contribution >= 0.6 is 0 Å². The fourth-order valence-corrected chi connectivity index (χ4v) is 2.64. The molecule has 0 aliphatic carbocycles. The highest BCUT2D eigenvalue weighted by Gasteiger charge is 2.55. The molecule has 2 heterocycles. The molecule has 2 aliphatic heterocycles. The summed E-state index contributed by atoms with van der Waals surface area (Å²) < 4.78 is 77.6. The minimum atomic E-state index is -5.73. The SMILES string of the molecule is CC(=O)O[C@@H]1CO[C@H]2[C@@H]1OC[C@@H]2OS(=O)(=O)C(F)(F)F. The number of carbonyl (C=O) groups is 1. The summed E-state index contributed by atoms with van der Waals surface area (Å²) >= 11 is 0. The van der Waals surface area contributed by atoms with Crippen LogP contribution in [0.5, 0.6) is 0 Å². The zero-order valence-corrected chi connectivity index (χ0v) is 10.9. The number of ether oxygens (including phenoxy) is 3. The van der Waals surface area contributed by atoms with Gasteiger partial charge in [-0.15, -0.1) is 0 Å². The summed E-state index contributed by atoms with van der Waals surface area (Å²) in [5.74, 6) is -0.602. The van der Waals surface area contributed by atoms with E-state index >= 15 is 0 Å². The second kappa shape index (κ2) is 5.13. The van der Waals surface area contributed by atoms with E-state index in [4.69, 9.17) is 14.2 Å². The van der Waals surface area contributed by atoms with E-state index in [1.807, 2.05) is 0 Å². The topological polar surface area (TPSA) is 88.1 Å². The second-order valence-corrected chi connectivity index (χ2v) is 5.84. The first-order chi connectivity index (χ1) is 9.12. The molecule has 0 N–H and O–H groups in total. The van der Waals surface area contributed by atoms with Gasteiger partial charge < -0.3 is 14.2 Å². The molecule has 2 saturated heterocycles. The van der Waals surface area contributed by atoms with Crippen LogP contribution in [-0.2, 0) is 33.3 Å². The maximum atomic E-state index is 12.2. The van der Waals surface area contributed by atoms with Crippen LogP contribution in [0.15, 0.2) is 0 Å². The second-order valence-electron chi connectivity index (χ2n) is 4.28. The van der Waals surface area contributed by atoms with Crippen molar-refractivity contribution in [2.24, 2.45) is 0 Å². The molecule has 0 aromatic carbocycles. The molecule has 0 unspecified atom stereocenters. The summed E-state index contributed by atoms with van der Waals surface area (Å²) in [4.78, 5) is 10.8. The zero-order chi connectivity index (χ0) is 15.1. The number of carbonyl (C=O) groups excluding carboxylic acids is 1. The van der Waals surface area contributed by atoms with E-state index in [2.05, 4.69) is 4.18 Å². The Morgan fingerprint density at radius 1 is 1.15 bits per heavy atom. The maximum absolute atomic E-state index is 12.2. The van der Waals surface area contributed by atoms with E-state index in [0.717, 1.165) is 6.92 Å². The van der Waals surface area contributed by atoms with Crippen molar-refractivity contribution in [1.29, 1.82) is 0 Å². The Hall–Kier alpha value is -0.910. The van der Waals surface area contributed by atoms with Crippen LogP contribution in [-0.4, -0.2) is 57.5 Å². The third kappa shape index (κ3) is 2.90. The average molecular weight is 320 g/mol. The summed E-state index contributed by atoms with van der Waals surface area (Å²) in [5.41, 5.74) is -5.51. The van der Waals surface area contributed by atoms with Crippen molar-refractivity contribution in [3.63, 3.8) is 0 Å². The Labute approximate surface area is 112 Å². The van der Waals surface area contributed by atoms with Gasteiger partial charge in [0.05, 0.1) is 13.2 Å². The van der Waals surface area contributed by atoms with Gasteiger partial charge in [-0.05, 0) is 0 Å². The molecule has 0 radical (unpaired) electrons. The minimum absolute atomic E-state index is 0.0964. The normalized spacial score (nSPS) is 34.0. The molecule has 2 aliphatic rings. The summed E-state index contributed by atoms with van der Waals surface area (Å²) in [7, 11) is -5.73. The van der Waals surface area contributed by atoms with E-state index in [9.17, 15) is 26.4 Å². The molecule has 11 heteroatoms. The van der Waals surface area contributed by atoms with Crippen molar-refractivity contribution >= 4 is 16.1 Å². The molecule has 0 amide bonds. The Morgan fingerprint density at radius 2 is 1.65 bits per heavy atom. The molecule has 7 nitrogen and oxygen atoms in total. The summed E-state index contributed by atoms with van der Waals surface area (Å²) in [6.45, 7) is 0.660. The molecule has 20 heavy (non-hydrogen) atoms. The molecule has 2 rings (SSSR count). The third-order valence-electron chi connectivity index (χ3n) is 2.81. The predicted molar refractivity (Wildman–Crippen MR) is 54.9 cm³/mol. The molecule has 0 saturated carbocycles. The largest absolute Gasteiger partial charge is 0.523 e. The molecular formula is C9H11F3O7S. The van der Waals surface area contributed by atoms with Gasteiger partial charge in [-0.25, -0.2) is 0 Å². The van der Waals surface area contributed by atoms with Gasteiger partial charge in [0.1, 0.15) is 18.3 Å². The highest BCUT2D eigenvalue weighted by Crippen LogP contribution is 2.34. The number of alkyl halides is 3. The van der Waals surface area contributed by atoms with Crippen molar-refractivity contribution in [2.75, 3.05) is 13.2 Å². The predicted octanol–water partition coefficient (Wildman–Crippen LogP) is -0.0495. The monoisotopic (exact) mass is 320 g/mol. The lowest BCUT2D eigenvalue weighted by molar-refractivity contribution is -0.151. The highest BCUT2D eigenvalue weighted by molar-refractivity contribution is 7.87. The third-order valence-corrected chi connectivity index (χ3v) is 3.88. The standard InChI is InChI=1S/C9H11F3O7S/c1-4(13)18-5-2-16-8-6(3-17-7(5)8)19-20(14,15)9(10,11)12/h5-8H,2-3H2,1H3/t5-,6+,7-,8-/m1/s1. The van der Waals surface area contributed by atoms with Gasteiger partial charge in [-0.2, -0.15) is 21.6 Å².